The van der Waals surface area contributed by atoms with Crippen molar-refractivity contribution in [2.24, 2.45) is 0 Å². The molecule has 1 aliphatic heterocycles. The normalized spacial score (nSPS) is 13.2. The van der Waals surface area contributed by atoms with Gasteiger partial charge in [-0.05, 0) is 34.1 Å². The van der Waals surface area contributed by atoms with Crippen LogP contribution >= 0.6 is 27.5 Å². The van der Waals surface area contributed by atoms with Crippen molar-refractivity contribution in [2.75, 3.05) is 5.73 Å². The zero-order valence-corrected chi connectivity index (χ0v) is 12.7. The number of nitrogens with two attached hydrogens (primary N) is 1. The Morgan fingerprint density at radius 3 is 2.52 bits per heavy atom. The predicted octanol–water partition coefficient (Wildman–Crippen LogP) is 1.72. The number of amides is 2. The summed E-state index contributed by atoms with van der Waals surface area (Å²) in [6, 6.07) is 5.89. The third kappa shape index (κ3) is 2.05. The number of fused-ring (bicyclic) bond motifs is 1. The fourth-order valence-corrected chi connectivity index (χ4v) is 2.59. The van der Waals surface area contributed by atoms with Gasteiger partial charge in [0.05, 0.1) is 21.8 Å². The number of aromatic nitrogens is 1. The lowest BCUT2D eigenvalue weighted by Gasteiger charge is -2.12. The number of imide groups is 1. The molecular weight excluding hydrogens is 362 g/mol. The number of benzene rings is 1. The Morgan fingerprint density at radius 2 is 1.86 bits per heavy atom. The van der Waals surface area contributed by atoms with E-state index in [2.05, 4.69) is 21.2 Å². The van der Waals surface area contributed by atoms with Crippen LogP contribution in [0.4, 0.5) is 5.82 Å². The minimum Gasteiger partial charge on any atom is -0.384 e. The first kappa shape index (κ1) is 13.8. The van der Waals surface area contributed by atoms with Crippen LogP contribution in [0.15, 0.2) is 33.5 Å². The first-order valence-corrected chi connectivity index (χ1v) is 6.94. The molecule has 2 amide bonds. The molecule has 2 aromatic rings. The van der Waals surface area contributed by atoms with Crippen LogP contribution in [0.3, 0.4) is 0 Å². The van der Waals surface area contributed by atoms with Crippen molar-refractivity contribution in [3.63, 3.8) is 0 Å². The average Bonchev–Trinajstić information content (AvgIpc) is 2.69. The summed E-state index contributed by atoms with van der Waals surface area (Å²) in [5.41, 5.74) is 5.77. The van der Waals surface area contributed by atoms with Crippen molar-refractivity contribution < 1.29 is 9.59 Å². The molecule has 6 nitrogen and oxygen atoms in total. The van der Waals surface area contributed by atoms with Crippen LogP contribution in [0.1, 0.15) is 20.7 Å². The van der Waals surface area contributed by atoms with Crippen LogP contribution < -0.4 is 16.6 Å². The Morgan fingerprint density at radius 1 is 1.14 bits per heavy atom. The van der Waals surface area contributed by atoms with E-state index in [0.717, 1.165) is 10.6 Å². The summed E-state index contributed by atoms with van der Waals surface area (Å²) in [5.74, 6) is -1.34. The third-order valence-electron chi connectivity index (χ3n) is 3.11. The molecule has 0 saturated heterocycles. The van der Waals surface area contributed by atoms with Gasteiger partial charge in [-0.3, -0.25) is 24.3 Å². The number of hydrogen-bond acceptors (Lipinski definition) is 4. The maximum Gasteiger partial charge on any atom is 0.262 e. The molecule has 1 aliphatic rings. The molecule has 3 N–H and O–H groups in total. The Hall–Kier alpha value is -2.12. The Bertz CT molecular complexity index is 876. The zero-order chi connectivity index (χ0) is 15.3. The number of carbonyl (C=O) groups is 2. The molecular formula is C13H7BrClN3O3. The average molecular weight is 369 g/mol. The number of nitrogens with zero attached hydrogens (tertiary/aromatic N) is 1. The van der Waals surface area contributed by atoms with E-state index in [-0.39, 0.29) is 16.9 Å². The number of anilines is 1. The standard InChI is InChI=1S/C13H7BrClN3O3/c14-7-2-1-5(3-8(7)15)18-9(19)4-6-10(11(18)16)13(21)17-12(6)20/h1-4H,16H2,(H,17,20,21). The lowest BCUT2D eigenvalue weighted by Crippen LogP contribution is -2.24. The fourth-order valence-electron chi connectivity index (χ4n) is 2.17. The predicted molar refractivity (Wildman–Crippen MR) is 81.0 cm³/mol. The molecule has 1 aromatic heterocycles. The molecule has 0 atom stereocenters. The number of nitrogens with one attached hydrogen (secondary N) is 1. The minimum atomic E-state index is -0.625. The van der Waals surface area contributed by atoms with E-state index < -0.39 is 17.4 Å². The van der Waals surface area contributed by atoms with Crippen molar-refractivity contribution in [3.05, 3.63) is 55.2 Å². The molecule has 0 spiro atoms. The van der Waals surface area contributed by atoms with Crippen molar-refractivity contribution in [1.82, 2.24) is 9.88 Å². The molecule has 8 heteroatoms. The maximum absolute atomic E-state index is 12.2. The zero-order valence-electron chi connectivity index (χ0n) is 10.3. The third-order valence-corrected chi connectivity index (χ3v) is 4.35. The van der Waals surface area contributed by atoms with Crippen LogP contribution in [0.25, 0.3) is 5.69 Å². The van der Waals surface area contributed by atoms with Gasteiger partial charge in [0.25, 0.3) is 17.4 Å². The van der Waals surface area contributed by atoms with Crippen molar-refractivity contribution in [3.8, 4) is 5.69 Å². The van der Waals surface area contributed by atoms with Crippen LogP contribution in [-0.2, 0) is 0 Å². The summed E-state index contributed by atoms with van der Waals surface area (Å²) in [5, 5.41) is 2.49. The molecule has 0 saturated carbocycles. The highest BCUT2D eigenvalue weighted by molar-refractivity contribution is 9.10. The lowest BCUT2D eigenvalue weighted by atomic mass is 10.1. The molecule has 0 radical (unpaired) electrons. The first-order valence-electron chi connectivity index (χ1n) is 5.77. The summed E-state index contributed by atoms with van der Waals surface area (Å²) < 4.78 is 1.80. The van der Waals surface area contributed by atoms with Gasteiger partial charge >= 0.3 is 0 Å². The van der Waals surface area contributed by atoms with Gasteiger partial charge in [0.1, 0.15) is 5.82 Å². The summed E-state index contributed by atoms with van der Waals surface area (Å²) >= 11 is 9.25. The van der Waals surface area contributed by atoms with Gasteiger partial charge in [-0.15, -0.1) is 0 Å². The smallest absolute Gasteiger partial charge is 0.262 e. The Balaban J connectivity index is 2.32. The maximum atomic E-state index is 12.2. The van der Waals surface area contributed by atoms with E-state index in [1.807, 2.05) is 0 Å². The largest absolute Gasteiger partial charge is 0.384 e. The lowest BCUT2D eigenvalue weighted by molar-refractivity contribution is 0.0880. The SMILES string of the molecule is Nc1c2c(cc(=O)n1-c1ccc(Br)c(Cl)c1)C(=O)NC2=O. The molecule has 0 unspecified atom stereocenters. The van der Waals surface area contributed by atoms with Gasteiger partial charge in [0.15, 0.2) is 0 Å². The van der Waals surface area contributed by atoms with Crippen molar-refractivity contribution in [2.45, 2.75) is 0 Å². The Kier molecular flexibility index (Phi) is 3.11. The number of rotatable bonds is 1. The van der Waals surface area contributed by atoms with Gasteiger partial charge in [-0.1, -0.05) is 11.6 Å². The molecule has 21 heavy (non-hydrogen) atoms. The highest BCUT2D eigenvalue weighted by Gasteiger charge is 2.31. The summed E-state index contributed by atoms with van der Waals surface area (Å²) in [4.78, 5) is 35.5. The second-order valence-electron chi connectivity index (χ2n) is 4.37. The van der Waals surface area contributed by atoms with Gasteiger partial charge < -0.3 is 5.73 Å². The quantitative estimate of drug-likeness (QED) is 0.749. The van der Waals surface area contributed by atoms with Crippen LogP contribution in [0.5, 0.6) is 0 Å². The number of carbonyl (C=O) groups excluding carboxylic acids is 2. The fraction of sp³-hybridized carbons (Fsp3) is 0. The number of pyridine rings is 1. The summed E-state index contributed by atoms with van der Waals surface area (Å²) in [6.45, 7) is 0. The highest BCUT2D eigenvalue weighted by atomic mass is 79.9. The second kappa shape index (κ2) is 4.71. The van der Waals surface area contributed by atoms with E-state index in [9.17, 15) is 14.4 Å². The second-order valence-corrected chi connectivity index (χ2v) is 5.64. The van der Waals surface area contributed by atoms with Gasteiger partial charge in [0, 0.05) is 10.5 Å². The first-order chi connectivity index (χ1) is 9.90. The summed E-state index contributed by atoms with van der Waals surface area (Å²) in [6.07, 6.45) is 0. The van der Waals surface area contributed by atoms with E-state index in [4.69, 9.17) is 17.3 Å². The highest BCUT2D eigenvalue weighted by Crippen LogP contribution is 2.27. The minimum absolute atomic E-state index is 0.00126. The molecule has 3 rings (SSSR count). The van der Waals surface area contributed by atoms with E-state index in [1.165, 1.54) is 6.07 Å². The molecule has 106 valence electrons. The van der Waals surface area contributed by atoms with Gasteiger partial charge in [-0.2, -0.15) is 0 Å². The topological polar surface area (TPSA) is 94.2 Å². The molecule has 2 heterocycles. The Labute approximate surface area is 131 Å². The van der Waals surface area contributed by atoms with Crippen LogP contribution in [0, 0.1) is 0 Å². The number of hydrogen-bond donors (Lipinski definition) is 2. The van der Waals surface area contributed by atoms with Crippen LogP contribution in [-0.4, -0.2) is 16.4 Å². The van der Waals surface area contributed by atoms with Crippen molar-refractivity contribution >= 4 is 45.2 Å². The molecule has 0 aliphatic carbocycles. The monoisotopic (exact) mass is 367 g/mol. The molecule has 1 aromatic carbocycles. The number of nitrogen functional groups attached to an aromatic ring is 1. The van der Waals surface area contributed by atoms with Crippen LogP contribution in [0.2, 0.25) is 5.02 Å². The van der Waals surface area contributed by atoms with Gasteiger partial charge in [0.2, 0.25) is 0 Å². The van der Waals surface area contributed by atoms with E-state index in [1.54, 1.807) is 12.1 Å². The summed E-state index contributed by atoms with van der Waals surface area (Å²) in [7, 11) is 0. The van der Waals surface area contributed by atoms with E-state index in [0.29, 0.717) is 15.2 Å². The van der Waals surface area contributed by atoms with E-state index >= 15 is 0 Å². The van der Waals surface area contributed by atoms with Crippen molar-refractivity contribution in [1.29, 1.82) is 0 Å². The molecule has 0 fully saturated rings. The van der Waals surface area contributed by atoms with Gasteiger partial charge in [-0.25, -0.2) is 0 Å². The number of halogens is 2. The molecule has 0 bridgehead atoms.